The van der Waals surface area contributed by atoms with E-state index in [2.05, 4.69) is 0 Å². The average Bonchev–Trinajstić information content (AvgIpc) is 0.722. The molecule has 0 spiro atoms. The van der Waals surface area contributed by atoms with Crippen LogP contribution in [-0.2, 0) is 7.67 Å². The van der Waals surface area contributed by atoms with E-state index in [1.165, 1.54) is 0 Å². The Labute approximate surface area is 64.4 Å². The van der Waals surface area contributed by atoms with E-state index in [0.717, 1.165) is 0 Å². The van der Waals surface area contributed by atoms with Crippen LogP contribution in [0, 0.1) is 35.6 Å². The van der Waals surface area contributed by atoms with Gasteiger partial charge in [-0.3, -0.25) is 0 Å². The first-order valence-electron chi connectivity index (χ1n) is 0.667. The van der Waals surface area contributed by atoms with Crippen molar-refractivity contribution in [1.29, 1.82) is 0 Å². The molecule has 0 unspecified atom stereocenters. The Kier molecular flexibility index (Phi) is 5.58. The molecule has 0 bridgehead atoms. The Hall–Kier alpha value is 1.23. The summed E-state index contributed by atoms with van der Waals surface area (Å²) >= 11 is -5.75. The van der Waals surface area contributed by atoms with E-state index in [4.69, 9.17) is 16.0 Å². The summed E-state index contributed by atoms with van der Waals surface area (Å²) in [6, 6.07) is 0. The fourth-order valence-electron chi connectivity index (χ4n) is 0. The van der Waals surface area contributed by atoms with Gasteiger partial charge in [-0.05, 0) is 0 Å². The van der Waals surface area contributed by atoms with Crippen molar-refractivity contribution < 1.29 is 51.6 Å². The summed E-state index contributed by atoms with van der Waals surface area (Å²) in [5.74, 6) is 0. The van der Waals surface area contributed by atoms with Gasteiger partial charge < -0.3 is 0 Å². The largest absolute Gasteiger partial charge is 3.00 e. The standard InChI is InChI=1S/La.H2O4Se/c;1-5(2,3)4/h;(H2,1,2,3,4)/q+3;/p-2. The van der Waals surface area contributed by atoms with Gasteiger partial charge in [-0.1, -0.05) is 0 Å². The van der Waals surface area contributed by atoms with E-state index in [9.17, 15) is 0 Å². The van der Waals surface area contributed by atoms with Gasteiger partial charge in [0, 0.05) is 0 Å². The molecule has 0 heterocycles. The fourth-order valence-corrected chi connectivity index (χ4v) is 0. The maximum absolute atomic E-state index is 8.59. The van der Waals surface area contributed by atoms with Crippen LogP contribution in [0.15, 0.2) is 0 Å². The van der Waals surface area contributed by atoms with Crippen molar-refractivity contribution in [3.8, 4) is 0 Å². The first-order chi connectivity index (χ1) is 2.00. The molecule has 4 nitrogen and oxygen atoms in total. The van der Waals surface area contributed by atoms with E-state index < -0.39 is 13.4 Å². The summed E-state index contributed by atoms with van der Waals surface area (Å²) in [6.07, 6.45) is 0. The molecular formula is LaO4Se+. The Morgan fingerprint density at radius 1 is 1.17 bits per heavy atom. The number of hydrogen-bond donors (Lipinski definition) is 0. The molecule has 0 atom stereocenters. The second kappa shape index (κ2) is 3.26. The molecule has 0 aromatic heterocycles. The summed E-state index contributed by atoms with van der Waals surface area (Å²) in [7, 11) is 0. The van der Waals surface area contributed by atoms with Crippen LogP contribution >= 0.6 is 0 Å². The zero-order valence-electron chi connectivity index (χ0n) is 2.62. The quantitative estimate of drug-likeness (QED) is 0.444. The molecule has 32 valence electrons. The second-order valence-corrected chi connectivity index (χ2v) is 2.12. The molecule has 6 heteroatoms. The van der Waals surface area contributed by atoms with Crippen molar-refractivity contribution in [1.82, 2.24) is 0 Å². The van der Waals surface area contributed by atoms with Crippen molar-refractivity contribution in [2.45, 2.75) is 0 Å². The molecule has 6 heavy (non-hydrogen) atoms. The summed E-state index contributed by atoms with van der Waals surface area (Å²) in [4.78, 5) is 0. The number of hydrogen-bond acceptors (Lipinski definition) is 4. The maximum Gasteiger partial charge on any atom is 3.00 e. The van der Waals surface area contributed by atoms with Crippen molar-refractivity contribution in [3.63, 3.8) is 0 Å². The maximum atomic E-state index is 8.59. The van der Waals surface area contributed by atoms with Gasteiger partial charge in [0.2, 0.25) is 0 Å². The minimum Gasteiger partial charge on any atom is 3.00 e. The minimum absolute atomic E-state index is 0. The van der Waals surface area contributed by atoms with Crippen LogP contribution in [-0.4, -0.2) is 13.4 Å². The predicted octanol–water partition coefficient (Wildman–Crippen LogP) is -3.00. The Balaban J connectivity index is 0. The van der Waals surface area contributed by atoms with E-state index in [1.807, 2.05) is 0 Å². The van der Waals surface area contributed by atoms with Gasteiger partial charge >= 0.3 is 65.0 Å². The third kappa shape index (κ3) is 61.6. The molecule has 0 rings (SSSR count). The third-order valence-electron chi connectivity index (χ3n) is 0. The van der Waals surface area contributed by atoms with Crippen LogP contribution in [0.2, 0.25) is 0 Å². The zero-order chi connectivity index (χ0) is 4.50. The van der Waals surface area contributed by atoms with Crippen LogP contribution in [0.1, 0.15) is 0 Å². The Bertz CT molecular complexity index is 90.7. The van der Waals surface area contributed by atoms with Gasteiger partial charge in [-0.15, -0.1) is 0 Å². The second-order valence-electron chi connectivity index (χ2n) is 0.408. The first kappa shape index (κ1) is 10.3. The molecular weight excluding hydrogens is 282 g/mol. The zero-order valence-corrected chi connectivity index (χ0v) is 7.96. The molecule has 0 saturated heterocycles. The van der Waals surface area contributed by atoms with Gasteiger partial charge in [-0.2, -0.15) is 0 Å². The van der Waals surface area contributed by atoms with E-state index >= 15 is 0 Å². The smallest absolute Gasteiger partial charge is 3.00 e. The third-order valence-corrected chi connectivity index (χ3v) is 0. The summed E-state index contributed by atoms with van der Waals surface area (Å²) in [5, 5.41) is 0. The summed E-state index contributed by atoms with van der Waals surface area (Å²) in [5.41, 5.74) is 0. The molecule has 0 amide bonds. The minimum atomic E-state index is -5.75. The van der Waals surface area contributed by atoms with E-state index in [0.29, 0.717) is 0 Å². The van der Waals surface area contributed by atoms with Crippen LogP contribution in [0.4, 0.5) is 0 Å². The molecule has 0 aromatic carbocycles. The van der Waals surface area contributed by atoms with Crippen LogP contribution < -0.4 is 8.38 Å². The molecule has 0 saturated carbocycles. The first-order valence-corrected chi connectivity index (χ1v) is 3.46. The van der Waals surface area contributed by atoms with E-state index in [1.54, 1.807) is 0 Å². The molecule has 0 aliphatic carbocycles. The molecule has 0 aliphatic rings. The SMILES string of the molecule is O=[Se](=O)([O-])[O-].[La+3]. The van der Waals surface area contributed by atoms with Crippen LogP contribution in [0.3, 0.4) is 0 Å². The number of rotatable bonds is 0. The monoisotopic (exact) mass is 283 g/mol. The van der Waals surface area contributed by atoms with E-state index in [-0.39, 0.29) is 35.6 Å². The molecule has 0 fully saturated rings. The van der Waals surface area contributed by atoms with Crippen molar-refractivity contribution in [2.75, 3.05) is 0 Å². The molecule has 0 N–H and O–H groups in total. The van der Waals surface area contributed by atoms with Crippen molar-refractivity contribution in [3.05, 3.63) is 0 Å². The molecule has 0 radical (unpaired) electrons. The average molecular weight is 282 g/mol. The summed E-state index contributed by atoms with van der Waals surface area (Å²) < 4.78 is 34.4. The van der Waals surface area contributed by atoms with Crippen LogP contribution in [0.25, 0.3) is 0 Å². The van der Waals surface area contributed by atoms with Gasteiger partial charge in [0.15, 0.2) is 0 Å². The molecule has 0 aliphatic heterocycles. The summed E-state index contributed by atoms with van der Waals surface area (Å²) in [6.45, 7) is 0. The Morgan fingerprint density at radius 2 is 1.17 bits per heavy atom. The molecule has 0 aromatic rings. The normalized spacial score (nSPS) is 9.67. The fraction of sp³-hybridized carbons (Fsp3) is 0. The van der Waals surface area contributed by atoms with Crippen molar-refractivity contribution in [2.24, 2.45) is 0 Å². The van der Waals surface area contributed by atoms with Gasteiger partial charge in [0.25, 0.3) is 0 Å². The Morgan fingerprint density at radius 3 is 1.17 bits per heavy atom. The van der Waals surface area contributed by atoms with Crippen molar-refractivity contribution >= 4 is 13.4 Å². The van der Waals surface area contributed by atoms with Gasteiger partial charge in [0.1, 0.15) is 0 Å². The topological polar surface area (TPSA) is 80.3 Å². The van der Waals surface area contributed by atoms with Gasteiger partial charge in [0.05, 0.1) is 0 Å². The predicted molar refractivity (Wildman–Crippen MR) is 7.13 cm³/mol. The van der Waals surface area contributed by atoms with Gasteiger partial charge in [-0.25, -0.2) is 0 Å². The van der Waals surface area contributed by atoms with Crippen LogP contribution in [0.5, 0.6) is 0 Å².